The molecule has 7 nitrogen and oxygen atoms in total. The number of benzene rings is 1. The SMILES string of the molecule is O=C(NCCO)C1CCN(c2ccc(Nc3ccc(C(F)(F)F)cc3)nn2)CC1. The number of halogens is 3. The Bertz CT molecular complexity index is 804. The minimum absolute atomic E-state index is 0.0409. The summed E-state index contributed by atoms with van der Waals surface area (Å²) in [6.07, 6.45) is -3.00. The first-order valence-electron chi connectivity index (χ1n) is 9.28. The van der Waals surface area contributed by atoms with Crippen molar-refractivity contribution in [2.75, 3.05) is 36.5 Å². The van der Waals surface area contributed by atoms with Crippen molar-refractivity contribution in [1.82, 2.24) is 15.5 Å². The highest BCUT2D eigenvalue weighted by Gasteiger charge is 2.30. The molecule has 1 saturated heterocycles. The van der Waals surface area contributed by atoms with Crippen LogP contribution in [0.25, 0.3) is 0 Å². The number of hydrogen-bond donors (Lipinski definition) is 3. The highest BCUT2D eigenvalue weighted by atomic mass is 19.4. The molecule has 1 aromatic carbocycles. The first-order chi connectivity index (χ1) is 13.9. The Kier molecular flexibility index (Phi) is 6.53. The normalized spacial score (nSPS) is 15.2. The minimum Gasteiger partial charge on any atom is -0.395 e. The number of aliphatic hydroxyl groups is 1. The standard InChI is InChI=1S/C19H22F3N5O2/c20-19(21,22)14-1-3-15(4-2-14)24-16-5-6-17(26-25-16)27-10-7-13(8-11-27)18(29)23-9-12-28/h1-6,13,28H,7-12H2,(H,23,29)(H,24,25). The van der Waals surface area contributed by atoms with Crippen molar-refractivity contribution in [2.45, 2.75) is 19.0 Å². The van der Waals surface area contributed by atoms with Crippen LogP contribution in [0, 0.1) is 5.92 Å². The Morgan fingerprint density at radius 2 is 1.79 bits per heavy atom. The fourth-order valence-corrected chi connectivity index (χ4v) is 3.15. The molecule has 1 aliphatic rings. The van der Waals surface area contributed by atoms with Crippen LogP contribution in [-0.4, -0.2) is 47.5 Å². The van der Waals surface area contributed by atoms with Crippen molar-refractivity contribution in [3.63, 3.8) is 0 Å². The van der Waals surface area contributed by atoms with E-state index >= 15 is 0 Å². The molecule has 0 saturated carbocycles. The predicted molar refractivity (Wildman–Crippen MR) is 102 cm³/mol. The van der Waals surface area contributed by atoms with Crippen LogP contribution >= 0.6 is 0 Å². The second-order valence-corrected chi connectivity index (χ2v) is 6.75. The molecule has 1 amide bonds. The molecule has 10 heteroatoms. The Morgan fingerprint density at radius 1 is 1.10 bits per heavy atom. The van der Waals surface area contributed by atoms with Gasteiger partial charge in [-0.3, -0.25) is 4.79 Å². The van der Waals surface area contributed by atoms with Gasteiger partial charge in [0.05, 0.1) is 12.2 Å². The zero-order chi connectivity index (χ0) is 20.9. The van der Waals surface area contributed by atoms with E-state index in [2.05, 4.69) is 20.8 Å². The largest absolute Gasteiger partial charge is 0.416 e. The molecule has 2 heterocycles. The number of alkyl halides is 3. The van der Waals surface area contributed by atoms with E-state index in [4.69, 9.17) is 5.11 Å². The first-order valence-corrected chi connectivity index (χ1v) is 9.28. The van der Waals surface area contributed by atoms with Crippen LogP contribution in [0.1, 0.15) is 18.4 Å². The molecule has 0 atom stereocenters. The molecular weight excluding hydrogens is 387 g/mol. The summed E-state index contributed by atoms with van der Waals surface area (Å²) in [4.78, 5) is 14.0. The van der Waals surface area contributed by atoms with Crippen molar-refractivity contribution < 1.29 is 23.1 Å². The van der Waals surface area contributed by atoms with Gasteiger partial charge in [-0.25, -0.2) is 0 Å². The van der Waals surface area contributed by atoms with Gasteiger partial charge in [0.15, 0.2) is 11.6 Å². The lowest BCUT2D eigenvalue weighted by molar-refractivity contribution is -0.137. The summed E-state index contributed by atoms with van der Waals surface area (Å²) in [5.41, 5.74) is -0.229. The third-order valence-corrected chi connectivity index (χ3v) is 4.74. The number of anilines is 3. The van der Waals surface area contributed by atoms with E-state index in [1.54, 1.807) is 12.1 Å². The molecule has 0 aliphatic carbocycles. The van der Waals surface area contributed by atoms with E-state index in [0.717, 1.165) is 12.1 Å². The number of aromatic nitrogens is 2. The summed E-state index contributed by atoms with van der Waals surface area (Å²) in [7, 11) is 0. The number of nitrogens with one attached hydrogen (secondary N) is 2. The van der Waals surface area contributed by atoms with E-state index in [9.17, 15) is 18.0 Å². The molecule has 0 radical (unpaired) electrons. The van der Waals surface area contributed by atoms with Gasteiger partial charge >= 0.3 is 6.18 Å². The smallest absolute Gasteiger partial charge is 0.395 e. The van der Waals surface area contributed by atoms with Crippen LogP contribution in [0.2, 0.25) is 0 Å². The van der Waals surface area contributed by atoms with Crippen LogP contribution < -0.4 is 15.5 Å². The van der Waals surface area contributed by atoms with Gasteiger partial charge in [0.2, 0.25) is 5.91 Å². The van der Waals surface area contributed by atoms with E-state index < -0.39 is 11.7 Å². The molecular formula is C19H22F3N5O2. The average molecular weight is 409 g/mol. The van der Waals surface area contributed by atoms with Gasteiger partial charge in [-0.05, 0) is 49.2 Å². The number of hydrogen-bond acceptors (Lipinski definition) is 6. The van der Waals surface area contributed by atoms with Gasteiger partial charge in [-0.2, -0.15) is 13.2 Å². The second kappa shape index (κ2) is 9.08. The molecule has 1 aromatic heterocycles. The van der Waals surface area contributed by atoms with Gasteiger partial charge in [0.25, 0.3) is 0 Å². The van der Waals surface area contributed by atoms with Crippen molar-refractivity contribution in [3.8, 4) is 0 Å². The topological polar surface area (TPSA) is 90.4 Å². The molecule has 3 rings (SSSR count). The van der Waals surface area contributed by atoms with E-state index in [1.165, 1.54) is 12.1 Å². The van der Waals surface area contributed by atoms with Crippen molar-refractivity contribution >= 4 is 23.2 Å². The van der Waals surface area contributed by atoms with Crippen molar-refractivity contribution in [1.29, 1.82) is 0 Å². The molecule has 0 spiro atoms. The molecule has 0 unspecified atom stereocenters. The van der Waals surface area contributed by atoms with Crippen molar-refractivity contribution in [2.24, 2.45) is 5.92 Å². The van der Waals surface area contributed by atoms with Crippen LogP contribution in [0.3, 0.4) is 0 Å². The molecule has 156 valence electrons. The third kappa shape index (κ3) is 5.57. The Hall–Kier alpha value is -2.88. The summed E-state index contributed by atoms with van der Waals surface area (Å²) >= 11 is 0. The summed E-state index contributed by atoms with van der Waals surface area (Å²) in [5.74, 6) is 0.983. The maximum atomic E-state index is 12.6. The zero-order valence-electron chi connectivity index (χ0n) is 15.6. The number of aliphatic hydroxyl groups excluding tert-OH is 1. The number of piperidine rings is 1. The molecule has 2 aromatic rings. The van der Waals surface area contributed by atoms with Crippen LogP contribution in [0.4, 0.5) is 30.5 Å². The number of nitrogens with zero attached hydrogens (tertiary/aromatic N) is 3. The van der Waals surface area contributed by atoms with Gasteiger partial charge in [-0.15, -0.1) is 10.2 Å². The van der Waals surface area contributed by atoms with E-state index in [0.29, 0.717) is 43.3 Å². The number of carbonyl (C=O) groups excluding carboxylic acids is 1. The average Bonchev–Trinajstić information content (AvgIpc) is 2.72. The maximum Gasteiger partial charge on any atom is 0.416 e. The Balaban J connectivity index is 1.54. The summed E-state index contributed by atoms with van der Waals surface area (Å²) in [6.45, 7) is 1.51. The van der Waals surface area contributed by atoms with Gasteiger partial charge in [0.1, 0.15) is 0 Å². The quantitative estimate of drug-likeness (QED) is 0.680. The van der Waals surface area contributed by atoms with Gasteiger partial charge in [0, 0.05) is 31.2 Å². The minimum atomic E-state index is -4.37. The fourth-order valence-electron chi connectivity index (χ4n) is 3.15. The van der Waals surface area contributed by atoms with Crippen LogP contribution in [-0.2, 0) is 11.0 Å². The fraction of sp³-hybridized carbons (Fsp3) is 0.421. The molecule has 1 aliphatic heterocycles. The third-order valence-electron chi connectivity index (χ3n) is 4.74. The summed E-state index contributed by atoms with van der Waals surface area (Å²) < 4.78 is 37.8. The molecule has 3 N–H and O–H groups in total. The number of rotatable bonds is 6. The Morgan fingerprint density at radius 3 is 2.34 bits per heavy atom. The zero-order valence-corrected chi connectivity index (χ0v) is 15.6. The Labute approximate surface area is 165 Å². The lowest BCUT2D eigenvalue weighted by Crippen LogP contribution is -2.41. The monoisotopic (exact) mass is 409 g/mol. The lowest BCUT2D eigenvalue weighted by atomic mass is 9.96. The summed E-state index contributed by atoms with van der Waals surface area (Å²) in [5, 5.41) is 22.6. The maximum absolute atomic E-state index is 12.6. The van der Waals surface area contributed by atoms with Crippen LogP contribution in [0.15, 0.2) is 36.4 Å². The molecule has 0 bridgehead atoms. The molecule has 1 fully saturated rings. The highest BCUT2D eigenvalue weighted by molar-refractivity contribution is 5.78. The first kappa shape index (κ1) is 20.8. The highest BCUT2D eigenvalue weighted by Crippen LogP contribution is 2.30. The van der Waals surface area contributed by atoms with Gasteiger partial charge in [-0.1, -0.05) is 0 Å². The number of amides is 1. The second-order valence-electron chi connectivity index (χ2n) is 6.75. The van der Waals surface area contributed by atoms with Crippen molar-refractivity contribution in [3.05, 3.63) is 42.0 Å². The number of carbonyl (C=O) groups is 1. The lowest BCUT2D eigenvalue weighted by Gasteiger charge is -2.31. The summed E-state index contributed by atoms with van der Waals surface area (Å²) in [6, 6.07) is 8.18. The van der Waals surface area contributed by atoms with E-state index in [-0.39, 0.29) is 25.0 Å². The predicted octanol–water partition coefficient (Wildman–Crippen LogP) is 2.56. The van der Waals surface area contributed by atoms with E-state index in [1.807, 2.05) is 4.90 Å². The van der Waals surface area contributed by atoms with Gasteiger partial charge < -0.3 is 20.6 Å². The van der Waals surface area contributed by atoms with Crippen LogP contribution in [0.5, 0.6) is 0 Å². The molecule has 29 heavy (non-hydrogen) atoms.